The molecule has 1 heterocycles. The molecule has 2 rings (SSSR count). The van der Waals surface area contributed by atoms with Crippen LogP contribution >= 0.6 is 22.9 Å². The highest BCUT2D eigenvalue weighted by Gasteiger charge is 2.11. The van der Waals surface area contributed by atoms with Crippen LogP contribution in [0.5, 0.6) is 0 Å². The highest BCUT2D eigenvalue weighted by atomic mass is 35.5. The van der Waals surface area contributed by atoms with E-state index in [1.54, 1.807) is 7.11 Å². The lowest BCUT2D eigenvalue weighted by Gasteiger charge is -2.06. The van der Waals surface area contributed by atoms with E-state index in [1.165, 1.54) is 11.3 Å². The van der Waals surface area contributed by atoms with Gasteiger partial charge in [0.2, 0.25) is 10.0 Å². The van der Waals surface area contributed by atoms with Gasteiger partial charge in [-0.1, -0.05) is 29.8 Å². The number of thiazole rings is 1. The zero-order chi connectivity index (χ0) is 18.1. The normalized spacial score (nSPS) is 11.8. The maximum absolute atomic E-state index is 11.9. The van der Waals surface area contributed by atoms with E-state index in [0.29, 0.717) is 31.2 Å². The van der Waals surface area contributed by atoms with E-state index in [1.807, 2.05) is 29.6 Å². The Morgan fingerprint density at radius 3 is 2.80 bits per heavy atom. The number of hydrogen-bond donors (Lipinski definition) is 1. The number of ether oxygens (including phenoxy) is 2. The number of nitrogens with zero attached hydrogens (tertiary/aromatic N) is 1. The van der Waals surface area contributed by atoms with Gasteiger partial charge < -0.3 is 9.47 Å². The van der Waals surface area contributed by atoms with Crippen molar-refractivity contribution in [1.29, 1.82) is 0 Å². The van der Waals surface area contributed by atoms with Gasteiger partial charge >= 0.3 is 0 Å². The van der Waals surface area contributed by atoms with E-state index >= 15 is 0 Å². The molecule has 0 unspecified atom stereocenters. The van der Waals surface area contributed by atoms with Crippen molar-refractivity contribution >= 4 is 33.0 Å². The fraction of sp³-hybridized carbons (Fsp3) is 0.438. The highest BCUT2D eigenvalue weighted by Crippen LogP contribution is 2.30. The third-order valence-electron chi connectivity index (χ3n) is 3.29. The summed E-state index contributed by atoms with van der Waals surface area (Å²) in [6.07, 6.45) is 0.519. The summed E-state index contributed by atoms with van der Waals surface area (Å²) >= 11 is 7.66. The largest absolute Gasteiger partial charge is 0.382 e. The summed E-state index contributed by atoms with van der Waals surface area (Å²) in [6, 6.07) is 7.51. The van der Waals surface area contributed by atoms with Gasteiger partial charge in [-0.05, 0) is 6.07 Å². The van der Waals surface area contributed by atoms with Crippen LogP contribution in [0.3, 0.4) is 0 Å². The molecule has 0 amide bonds. The third-order valence-corrected chi connectivity index (χ3v) is 5.89. The lowest BCUT2D eigenvalue weighted by Crippen LogP contribution is -2.30. The molecule has 0 aliphatic rings. The van der Waals surface area contributed by atoms with Gasteiger partial charge in [-0.3, -0.25) is 0 Å². The lowest BCUT2D eigenvalue weighted by atomic mass is 10.2. The SMILES string of the molecule is COCCOCCS(=O)(=O)NCCc1csc(-c2ccccc2Cl)n1. The molecule has 0 bridgehead atoms. The van der Waals surface area contributed by atoms with Gasteiger partial charge in [0.25, 0.3) is 0 Å². The second kappa shape index (κ2) is 10.2. The van der Waals surface area contributed by atoms with Gasteiger partial charge in [0, 0.05) is 31.0 Å². The Morgan fingerprint density at radius 2 is 2.04 bits per heavy atom. The van der Waals surface area contributed by atoms with E-state index in [-0.39, 0.29) is 12.4 Å². The maximum Gasteiger partial charge on any atom is 0.213 e. The molecular weight excluding hydrogens is 384 g/mol. The molecule has 6 nitrogen and oxygen atoms in total. The van der Waals surface area contributed by atoms with Crippen molar-refractivity contribution in [3.8, 4) is 10.6 Å². The Labute approximate surface area is 157 Å². The number of halogens is 1. The van der Waals surface area contributed by atoms with Crippen LogP contribution in [0.1, 0.15) is 5.69 Å². The summed E-state index contributed by atoms with van der Waals surface area (Å²) in [5.41, 5.74) is 1.72. The van der Waals surface area contributed by atoms with Gasteiger partial charge in [-0.2, -0.15) is 0 Å². The molecule has 0 aliphatic carbocycles. The van der Waals surface area contributed by atoms with Gasteiger partial charge in [-0.15, -0.1) is 11.3 Å². The van der Waals surface area contributed by atoms with Crippen molar-refractivity contribution < 1.29 is 17.9 Å². The smallest absolute Gasteiger partial charge is 0.213 e. The quantitative estimate of drug-likeness (QED) is 0.582. The third kappa shape index (κ3) is 7.01. The Bertz CT molecular complexity index is 765. The minimum absolute atomic E-state index is 0.0708. The van der Waals surface area contributed by atoms with Gasteiger partial charge in [0.1, 0.15) is 5.01 Å². The predicted molar refractivity (Wildman–Crippen MR) is 101 cm³/mol. The van der Waals surface area contributed by atoms with E-state index in [4.69, 9.17) is 21.1 Å². The Hall–Kier alpha value is -1.03. The summed E-state index contributed by atoms with van der Waals surface area (Å²) in [4.78, 5) is 4.52. The molecule has 1 aromatic carbocycles. The highest BCUT2D eigenvalue weighted by molar-refractivity contribution is 7.89. The fourth-order valence-corrected chi connectivity index (χ4v) is 4.07. The molecule has 0 spiro atoms. The summed E-state index contributed by atoms with van der Waals surface area (Å²) in [5.74, 6) is -0.0708. The predicted octanol–water partition coefficient (Wildman–Crippen LogP) is 2.59. The second-order valence-corrected chi connectivity index (χ2v) is 8.38. The van der Waals surface area contributed by atoms with Gasteiger partial charge in [0.05, 0.1) is 36.3 Å². The second-order valence-electron chi connectivity index (χ2n) is 5.19. The van der Waals surface area contributed by atoms with Crippen LogP contribution in [0, 0.1) is 0 Å². The molecule has 2 aromatic rings. The van der Waals surface area contributed by atoms with Crippen molar-refractivity contribution in [2.24, 2.45) is 0 Å². The molecule has 0 aliphatic heterocycles. The van der Waals surface area contributed by atoms with Crippen LogP contribution in [0.15, 0.2) is 29.6 Å². The molecule has 1 N–H and O–H groups in total. The molecule has 0 saturated carbocycles. The van der Waals surface area contributed by atoms with E-state index in [0.717, 1.165) is 16.3 Å². The van der Waals surface area contributed by atoms with E-state index in [2.05, 4.69) is 9.71 Å². The number of nitrogens with one attached hydrogen (secondary N) is 1. The Balaban J connectivity index is 1.77. The summed E-state index contributed by atoms with van der Waals surface area (Å²) in [6.45, 7) is 1.28. The molecule has 1 aromatic heterocycles. The lowest BCUT2D eigenvalue weighted by molar-refractivity contribution is 0.0784. The molecule has 0 atom stereocenters. The molecule has 0 radical (unpaired) electrons. The van der Waals surface area contributed by atoms with Gasteiger partial charge in [0.15, 0.2) is 0 Å². The zero-order valence-electron chi connectivity index (χ0n) is 13.9. The first-order chi connectivity index (χ1) is 12.0. The van der Waals surface area contributed by atoms with Crippen LogP contribution < -0.4 is 4.72 Å². The average molecular weight is 405 g/mol. The number of aromatic nitrogens is 1. The summed E-state index contributed by atoms with van der Waals surface area (Å²) < 4.78 is 36.3. The minimum atomic E-state index is -3.35. The first-order valence-electron chi connectivity index (χ1n) is 7.75. The molecule has 0 fully saturated rings. The van der Waals surface area contributed by atoms with Gasteiger partial charge in [-0.25, -0.2) is 18.1 Å². The average Bonchev–Trinajstić information content (AvgIpc) is 3.03. The fourth-order valence-electron chi connectivity index (χ4n) is 2.00. The maximum atomic E-state index is 11.9. The summed E-state index contributed by atoms with van der Waals surface area (Å²) in [7, 11) is -1.79. The van der Waals surface area contributed by atoms with Crippen molar-refractivity contribution in [2.45, 2.75) is 6.42 Å². The van der Waals surface area contributed by atoms with Crippen molar-refractivity contribution in [3.63, 3.8) is 0 Å². The van der Waals surface area contributed by atoms with Crippen LogP contribution in [-0.2, 0) is 25.9 Å². The van der Waals surface area contributed by atoms with Crippen molar-refractivity contribution in [1.82, 2.24) is 9.71 Å². The summed E-state index contributed by atoms with van der Waals surface area (Å²) in [5, 5.41) is 3.40. The molecule has 0 saturated heterocycles. The first kappa shape index (κ1) is 20.3. The number of rotatable bonds is 11. The first-order valence-corrected chi connectivity index (χ1v) is 10.7. The Kier molecular flexibility index (Phi) is 8.28. The zero-order valence-corrected chi connectivity index (χ0v) is 16.3. The number of hydrogen-bond acceptors (Lipinski definition) is 6. The van der Waals surface area contributed by atoms with E-state index < -0.39 is 10.0 Å². The Morgan fingerprint density at radius 1 is 1.24 bits per heavy atom. The van der Waals surface area contributed by atoms with Crippen molar-refractivity contribution in [2.75, 3.05) is 39.2 Å². The number of sulfonamides is 1. The number of methoxy groups -OCH3 is 1. The monoisotopic (exact) mass is 404 g/mol. The number of benzene rings is 1. The molecule has 25 heavy (non-hydrogen) atoms. The van der Waals surface area contributed by atoms with Crippen LogP contribution in [-0.4, -0.2) is 52.6 Å². The van der Waals surface area contributed by atoms with Crippen LogP contribution in [0.2, 0.25) is 5.02 Å². The molecular formula is C16H21ClN2O4S2. The topological polar surface area (TPSA) is 77.5 Å². The molecule has 9 heteroatoms. The van der Waals surface area contributed by atoms with Crippen LogP contribution in [0.4, 0.5) is 0 Å². The van der Waals surface area contributed by atoms with E-state index in [9.17, 15) is 8.42 Å². The van der Waals surface area contributed by atoms with Crippen LogP contribution in [0.25, 0.3) is 10.6 Å². The molecule has 138 valence electrons. The standard InChI is InChI=1S/C16H21ClN2O4S2/c1-22-8-9-23-10-11-25(20,21)18-7-6-13-12-24-16(19-13)14-4-2-3-5-15(14)17/h2-5,12,18H,6-11H2,1H3. The minimum Gasteiger partial charge on any atom is -0.382 e. The van der Waals surface area contributed by atoms with Crippen molar-refractivity contribution in [3.05, 3.63) is 40.4 Å².